The summed E-state index contributed by atoms with van der Waals surface area (Å²) in [7, 11) is -1.29. The van der Waals surface area contributed by atoms with Gasteiger partial charge in [-0.05, 0) is 12.3 Å². The first-order valence-electron chi connectivity index (χ1n) is 9.18. The number of rotatable bonds is 7. The largest absolute Gasteiger partial charge is 0.379 e. The van der Waals surface area contributed by atoms with Gasteiger partial charge in [0.2, 0.25) is 10.0 Å². The number of halogens is 1. The van der Waals surface area contributed by atoms with Crippen molar-refractivity contribution >= 4 is 40.0 Å². The minimum Gasteiger partial charge on any atom is -0.379 e. The van der Waals surface area contributed by atoms with Gasteiger partial charge in [0.1, 0.15) is 0 Å². The Morgan fingerprint density at radius 2 is 1.88 bits per heavy atom. The molecular formula is C16H34IN5O3S. The van der Waals surface area contributed by atoms with Gasteiger partial charge in [0.15, 0.2) is 5.96 Å². The molecule has 2 N–H and O–H groups in total. The normalized spacial score (nSPS) is 22.8. The lowest BCUT2D eigenvalue weighted by molar-refractivity contribution is 0.00752. The lowest BCUT2D eigenvalue weighted by Crippen LogP contribution is -2.53. The van der Waals surface area contributed by atoms with E-state index in [1.54, 1.807) is 11.4 Å². The van der Waals surface area contributed by atoms with Crippen LogP contribution >= 0.6 is 24.0 Å². The molecule has 0 bridgehead atoms. The maximum atomic E-state index is 11.8. The zero-order chi connectivity index (χ0) is 18.3. The number of nitrogens with one attached hydrogen (secondary N) is 2. The van der Waals surface area contributed by atoms with Gasteiger partial charge < -0.3 is 15.4 Å². The van der Waals surface area contributed by atoms with Gasteiger partial charge in [-0.3, -0.25) is 9.89 Å². The van der Waals surface area contributed by atoms with Crippen LogP contribution in [0.25, 0.3) is 0 Å². The van der Waals surface area contributed by atoms with Crippen LogP contribution in [0.4, 0.5) is 0 Å². The molecule has 154 valence electrons. The molecule has 0 spiro atoms. The molecule has 2 heterocycles. The van der Waals surface area contributed by atoms with Gasteiger partial charge in [0.25, 0.3) is 0 Å². The molecule has 0 aromatic heterocycles. The van der Waals surface area contributed by atoms with E-state index in [1.165, 1.54) is 0 Å². The summed E-state index contributed by atoms with van der Waals surface area (Å²) in [5, 5.41) is 6.60. The van der Waals surface area contributed by atoms with Gasteiger partial charge >= 0.3 is 0 Å². The van der Waals surface area contributed by atoms with Crippen molar-refractivity contribution < 1.29 is 13.2 Å². The summed E-state index contributed by atoms with van der Waals surface area (Å²) in [6, 6.07) is 0.418. The average Bonchev–Trinajstić information content (AvgIpc) is 2.92. The van der Waals surface area contributed by atoms with Crippen LogP contribution in [0.5, 0.6) is 0 Å². The van der Waals surface area contributed by atoms with Crippen molar-refractivity contribution in [3.8, 4) is 0 Å². The Kier molecular flexibility index (Phi) is 10.7. The monoisotopic (exact) mass is 503 g/mol. The molecular weight excluding hydrogens is 469 g/mol. The van der Waals surface area contributed by atoms with Crippen molar-refractivity contribution in [3.05, 3.63) is 0 Å². The van der Waals surface area contributed by atoms with Gasteiger partial charge in [-0.15, -0.1) is 24.0 Å². The average molecular weight is 503 g/mol. The van der Waals surface area contributed by atoms with Crippen LogP contribution in [0.2, 0.25) is 0 Å². The molecule has 2 aliphatic rings. The minimum atomic E-state index is -3.03. The van der Waals surface area contributed by atoms with E-state index in [0.29, 0.717) is 31.6 Å². The number of morpholine rings is 1. The quantitative estimate of drug-likeness (QED) is 0.293. The highest BCUT2D eigenvalue weighted by molar-refractivity contribution is 14.0. The van der Waals surface area contributed by atoms with Crippen molar-refractivity contribution in [1.29, 1.82) is 0 Å². The molecule has 2 aliphatic heterocycles. The minimum absolute atomic E-state index is 0. The maximum Gasteiger partial charge on any atom is 0.214 e. The molecule has 2 fully saturated rings. The number of ether oxygens (including phenoxy) is 1. The van der Waals surface area contributed by atoms with Crippen LogP contribution < -0.4 is 10.6 Å². The molecule has 2 saturated heterocycles. The molecule has 0 radical (unpaired) electrons. The van der Waals surface area contributed by atoms with Crippen molar-refractivity contribution in [1.82, 2.24) is 19.8 Å². The van der Waals surface area contributed by atoms with Crippen LogP contribution in [-0.2, 0) is 14.8 Å². The molecule has 0 amide bonds. The molecule has 0 aliphatic carbocycles. The van der Waals surface area contributed by atoms with E-state index in [1.807, 2.05) is 0 Å². The smallest absolute Gasteiger partial charge is 0.214 e. The van der Waals surface area contributed by atoms with Crippen LogP contribution in [-0.4, -0.2) is 94.9 Å². The summed E-state index contributed by atoms with van der Waals surface area (Å²) in [6.07, 6.45) is 0.727. The molecule has 0 aromatic carbocycles. The Bertz CT molecular complexity index is 538. The molecule has 0 aromatic rings. The number of sulfonamides is 1. The Morgan fingerprint density at radius 1 is 1.19 bits per heavy atom. The van der Waals surface area contributed by atoms with Gasteiger partial charge in [0, 0.05) is 52.4 Å². The summed E-state index contributed by atoms with van der Waals surface area (Å²) in [6.45, 7) is 10.4. The Labute approximate surface area is 175 Å². The lowest BCUT2D eigenvalue weighted by Gasteiger charge is -2.37. The van der Waals surface area contributed by atoms with Crippen LogP contribution in [0.15, 0.2) is 4.99 Å². The Morgan fingerprint density at radius 3 is 2.42 bits per heavy atom. The SMILES string of the molecule is CN=C(NCCN1CCCS1(=O)=O)NCC(C(C)C)N1CCOCC1.I. The van der Waals surface area contributed by atoms with Gasteiger partial charge in [-0.25, -0.2) is 12.7 Å². The predicted octanol–water partition coefficient (Wildman–Crippen LogP) is 0.162. The summed E-state index contributed by atoms with van der Waals surface area (Å²) in [5.41, 5.74) is 0. The Hall–Kier alpha value is -0.170. The van der Waals surface area contributed by atoms with Gasteiger partial charge in [-0.1, -0.05) is 13.8 Å². The van der Waals surface area contributed by atoms with E-state index in [-0.39, 0.29) is 29.7 Å². The fraction of sp³-hybridized carbons (Fsp3) is 0.938. The third kappa shape index (κ3) is 7.10. The highest BCUT2D eigenvalue weighted by Gasteiger charge is 2.27. The van der Waals surface area contributed by atoms with Crippen molar-refractivity contribution in [2.45, 2.75) is 26.3 Å². The number of aliphatic imine (C=N–C) groups is 1. The third-order valence-corrected chi connectivity index (χ3v) is 6.80. The standard InChI is InChI=1S/C16H33N5O3S.HI/c1-14(2)15(20-8-10-24-11-9-20)13-19-16(17-3)18-5-7-21-6-4-12-25(21,22)23;/h14-15H,4-13H2,1-3H3,(H2,17,18,19);1H. The third-order valence-electron chi connectivity index (χ3n) is 4.84. The fourth-order valence-corrected chi connectivity index (χ4v) is 4.89. The van der Waals surface area contributed by atoms with E-state index < -0.39 is 10.0 Å². The first kappa shape index (κ1) is 23.9. The lowest BCUT2D eigenvalue weighted by atomic mass is 10.0. The Balaban J connectivity index is 0.00000338. The summed E-state index contributed by atoms with van der Waals surface area (Å²) in [5.74, 6) is 1.52. The molecule has 1 atom stereocenters. The fourth-order valence-electron chi connectivity index (χ4n) is 3.36. The van der Waals surface area contributed by atoms with E-state index in [4.69, 9.17) is 4.74 Å². The second kappa shape index (κ2) is 11.6. The summed E-state index contributed by atoms with van der Waals surface area (Å²) >= 11 is 0. The molecule has 1 unspecified atom stereocenters. The van der Waals surface area contributed by atoms with Gasteiger partial charge in [0.05, 0.1) is 19.0 Å². The molecule has 26 heavy (non-hydrogen) atoms. The van der Waals surface area contributed by atoms with Crippen molar-refractivity contribution in [3.63, 3.8) is 0 Å². The highest BCUT2D eigenvalue weighted by atomic mass is 127. The van der Waals surface area contributed by atoms with Crippen molar-refractivity contribution in [2.75, 3.05) is 65.3 Å². The van der Waals surface area contributed by atoms with Crippen molar-refractivity contribution in [2.24, 2.45) is 10.9 Å². The van der Waals surface area contributed by atoms with Crippen LogP contribution in [0.3, 0.4) is 0 Å². The van der Waals surface area contributed by atoms with E-state index in [0.717, 1.165) is 45.2 Å². The molecule has 8 nitrogen and oxygen atoms in total. The molecule has 2 rings (SSSR count). The van der Waals surface area contributed by atoms with Crippen LogP contribution in [0.1, 0.15) is 20.3 Å². The number of hydrogen-bond acceptors (Lipinski definition) is 5. The zero-order valence-electron chi connectivity index (χ0n) is 16.1. The first-order valence-corrected chi connectivity index (χ1v) is 10.8. The highest BCUT2D eigenvalue weighted by Crippen LogP contribution is 2.13. The molecule has 0 saturated carbocycles. The topological polar surface area (TPSA) is 86.3 Å². The second-order valence-corrected chi connectivity index (χ2v) is 9.00. The number of nitrogens with zero attached hydrogens (tertiary/aromatic N) is 3. The maximum absolute atomic E-state index is 11.8. The summed E-state index contributed by atoms with van der Waals surface area (Å²) < 4.78 is 30.6. The molecule has 10 heteroatoms. The first-order chi connectivity index (χ1) is 11.9. The summed E-state index contributed by atoms with van der Waals surface area (Å²) in [4.78, 5) is 6.71. The van der Waals surface area contributed by atoms with E-state index in [2.05, 4.69) is 34.4 Å². The van der Waals surface area contributed by atoms with E-state index in [9.17, 15) is 8.42 Å². The van der Waals surface area contributed by atoms with Gasteiger partial charge in [-0.2, -0.15) is 0 Å². The number of guanidine groups is 1. The second-order valence-electron chi connectivity index (χ2n) is 6.91. The zero-order valence-corrected chi connectivity index (χ0v) is 19.3. The van der Waals surface area contributed by atoms with E-state index >= 15 is 0 Å². The van der Waals surface area contributed by atoms with Crippen LogP contribution in [0, 0.1) is 5.92 Å². The predicted molar refractivity (Wildman–Crippen MR) is 116 cm³/mol. The number of hydrogen-bond donors (Lipinski definition) is 2.